The number of benzene rings is 1. The van der Waals surface area contributed by atoms with E-state index in [4.69, 9.17) is 9.47 Å². The molecule has 1 saturated heterocycles. The number of alkyl halides is 3. The molecule has 0 aromatic heterocycles. The van der Waals surface area contributed by atoms with E-state index >= 15 is 0 Å². The van der Waals surface area contributed by atoms with Gasteiger partial charge in [0, 0.05) is 19.6 Å². The summed E-state index contributed by atoms with van der Waals surface area (Å²) in [6, 6.07) is 4.85. The SMILES string of the molecule is FC(F)(F)c1ccc(O[C@H]2COCCN(CC3CC3)C2)cc1. The Hall–Kier alpha value is -1.27. The number of hydrogen-bond acceptors (Lipinski definition) is 3. The predicted molar refractivity (Wildman–Crippen MR) is 75.8 cm³/mol. The maximum absolute atomic E-state index is 12.5. The number of ether oxygens (including phenoxy) is 2. The van der Waals surface area contributed by atoms with Gasteiger partial charge in [-0.25, -0.2) is 0 Å². The molecule has 2 aliphatic rings. The van der Waals surface area contributed by atoms with Gasteiger partial charge in [-0.2, -0.15) is 13.2 Å². The van der Waals surface area contributed by atoms with Gasteiger partial charge in [0.05, 0.1) is 18.8 Å². The van der Waals surface area contributed by atoms with E-state index in [1.165, 1.54) is 25.0 Å². The first-order valence-electron chi connectivity index (χ1n) is 7.65. The van der Waals surface area contributed by atoms with Crippen LogP contribution in [0.25, 0.3) is 0 Å². The van der Waals surface area contributed by atoms with E-state index in [0.717, 1.165) is 37.7 Å². The molecule has 22 heavy (non-hydrogen) atoms. The van der Waals surface area contributed by atoms with Gasteiger partial charge in [-0.3, -0.25) is 4.90 Å². The van der Waals surface area contributed by atoms with Crippen molar-refractivity contribution < 1.29 is 22.6 Å². The van der Waals surface area contributed by atoms with Crippen LogP contribution in [0.5, 0.6) is 5.75 Å². The molecule has 0 N–H and O–H groups in total. The molecule has 1 aliphatic carbocycles. The van der Waals surface area contributed by atoms with E-state index in [1.54, 1.807) is 0 Å². The van der Waals surface area contributed by atoms with Gasteiger partial charge in [0.2, 0.25) is 0 Å². The summed E-state index contributed by atoms with van der Waals surface area (Å²) in [6.07, 6.45) is -1.87. The Kier molecular flexibility index (Phi) is 4.59. The minimum atomic E-state index is -4.31. The van der Waals surface area contributed by atoms with Crippen molar-refractivity contribution in [2.45, 2.75) is 25.1 Å². The fourth-order valence-electron chi connectivity index (χ4n) is 2.66. The van der Waals surface area contributed by atoms with Crippen LogP contribution in [0.15, 0.2) is 24.3 Å². The summed E-state index contributed by atoms with van der Waals surface area (Å²) in [5, 5.41) is 0. The highest BCUT2D eigenvalue weighted by Crippen LogP contribution is 2.31. The third-order valence-corrected chi connectivity index (χ3v) is 4.02. The largest absolute Gasteiger partial charge is 0.487 e. The van der Waals surface area contributed by atoms with Crippen LogP contribution >= 0.6 is 0 Å². The molecule has 0 spiro atoms. The van der Waals surface area contributed by atoms with Crippen molar-refractivity contribution >= 4 is 0 Å². The van der Waals surface area contributed by atoms with Gasteiger partial charge in [0.1, 0.15) is 11.9 Å². The molecule has 0 bridgehead atoms. The minimum absolute atomic E-state index is 0.141. The van der Waals surface area contributed by atoms with Crippen LogP contribution in [0.3, 0.4) is 0 Å². The summed E-state index contributed by atoms with van der Waals surface area (Å²) in [7, 11) is 0. The standard InChI is InChI=1S/C16H20F3NO2/c17-16(18,19)13-3-5-14(6-4-13)22-15-10-20(7-8-21-11-15)9-12-1-2-12/h3-6,12,15H,1-2,7-11H2/t15-/m1/s1. The first kappa shape index (κ1) is 15.6. The summed E-state index contributed by atoms with van der Waals surface area (Å²) in [6.45, 7) is 3.87. The Bertz CT molecular complexity index is 485. The van der Waals surface area contributed by atoms with E-state index in [1.807, 2.05) is 0 Å². The third-order valence-electron chi connectivity index (χ3n) is 4.02. The van der Waals surface area contributed by atoms with Gasteiger partial charge in [0.15, 0.2) is 0 Å². The summed E-state index contributed by atoms with van der Waals surface area (Å²) in [5.74, 6) is 1.25. The molecule has 0 radical (unpaired) electrons. The predicted octanol–water partition coefficient (Wildman–Crippen LogP) is 3.20. The van der Waals surface area contributed by atoms with Gasteiger partial charge in [0.25, 0.3) is 0 Å². The van der Waals surface area contributed by atoms with Crippen molar-refractivity contribution in [1.29, 1.82) is 0 Å². The molecule has 0 amide bonds. The van der Waals surface area contributed by atoms with Crippen molar-refractivity contribution in [1.82, 2.24) is 4.90 Å². The molecule has 1 atom stereocenters. The average Bonchev–Trinajstić information content (AvgIpc) is 3.28. The van der Waals surface area contributed by atoms with E-state index in [-0.39, 0.29) is 6.10 Å². The van der Waals surface area contributed by atoms with Gasteiger partial charge < -0.3 is 9.47 Å². The molecule has 1 heterocycles. The van der Waals surface area contributed by atoms with Crippen LogP contribution in [0, 0.1) is 5.92 Å². The van der Waals surface area contributed by atoms with E-state index in [9.17, 15) is 13.2 Å². The molecule has 3 nitrogen and oxygen atoms in total. The minimum Gasteiger partial charge on any atom is -0.487 e. The van der Waals surface area contributed by atoms with Gasteiger partial charge in [-0.05, 0) is 43.0 Å². The third kappa shape index (κ3) is 4.36. The Morgan fingerprint density at radius 1 is 1.18 bits per heavy atom. The first-order chi connectivity index (χ1) is 10.5. The zero-order valence-electron chi connectivity index (χ0n) is 12.3. The van der Waals surface area contributed by atoms with Crippen molar-refractivity contribution in [3.63, 3.8) is 0 Å². The average molecular weight is 315 g/mol. The summed E-state index contributed by atoms with van der Waals surface area (Å²) in [4.78, 5) is 2.33. The molecular weight excluding hydrogens is 295 g/mol. The smallest absolute Gasteiger partial charge is 0.416 e. The van der Waals surface area contributed by atoms with Crippen LogP contribution in [-0.4, -0.2) is 43.9 Å². The first-order valence-corrected chi connectivity index (χ1v) is 7.65. The molecule has 1 aromatic carbocycles. The van der Waals surface area contributed by atoms with Crippen LogP contribution in [0.2, 0.25) is 0 Å². The van der Waals surface area contributed by atoms with Crippen LogP contribution in [0.4, 0.5) is 13.2 Å². The number of nitrogens with zero attached hydrogens (tertiary/aromatic N) is 1. The zero-order chi connectivity index (χ0) is 15.6. The maximum atomic E-state index is 12.5. The van der Waals surface area contributed by atoms with Crippen molar-refractivity contribution in [2.75, 3.05) is 32.8 Å². The summed E-state index contributed by atoms with van der Waals surface area (Å²) in [5.41, 5.74) is -0.660. The molecular formula is C16H20F3NO2. The highest BCUT2D eigenvalue weighted by molar-refractivity contribution is 5.29. The Morgan fingerprint density at radius 2 is 1.91 bits per heavy atom. The highest BCUT2D eigenvalue weighted by atomic mass is 19.4. The fourth-order valence-corrected chi connectivity index (χ4v) is 2.66. The quantitative estimate of drug-likeness (QED) is 0.852. The second kappa shape index (κ2) is 6.46. The highest BCUT2D eigenvalue weighted by Gasteiger charge is 2.30. The second-order valence-electron chi connectivity index (χ2n) is 6.04. The van der Waals surface area contributed by atoms with Gasteiger partial charge in [-0.15, -0.1) is 0 Å². The monoisotopic (exact) mass is 315 g/mol. The Balaban J connectivity index is 1.58. The lowest BCUT2D eigenvalue weighted by Gasteiger charge is -2.24. The van der Waals surface area contributed by atoms with Crippen LogP contribution in [0.1, 0.15) is 18.4 Å². The summed E-state index contributed by atoms with van der Waals surface area (Å²) >= 11 is 0. The zero-order valence-corrected chi connectivity index (χ0v) is 12.3. The molecule has 6 heteroatoms. The van der Waals surface area contributed by atoms with Gasteiger partial charge >= 0.3 is 6.18 Å². The molecule has 1 aliphatic heterocycles. The summed E-state index contributed by atoms with van der Waals surface area (Å²) < 4.78 is 49.0. The van der Waals surface area contributed by atoms with E-state index in [2.05, 4.69) is 4.90 Å². The fraction of sp³-hybridized carbons (Fsp3) is 0.625. The lowest BCUT2D eigenvalue weighted by Crippen LogP contribution is -2.37. The molecule has 3 rings (SSSR count). The lowest BCUT2D eigenvalue weighted by molar-refractivity contribution is -0.137. The number of halogens is 3. The van der Waals surface area contributed by atoms with Gasteiger partial charge in [-0.1, -0.05) is 0 Å². The molecule has 1 aromatic rings. The lowest BCUT2D eigenvalue weighted by atomic mass is 10.2. The van der Waals surface area contributed by atoms with Crippen molar-refractivity contribution in [2.24, 2.45) is 5.92 Å². The Morgan fingerprint density at radius 3 is 2.55 bits per heavy atom. The second-order valence-corrected chi connectivity index (χ2v) is 6.04. The van der Waals surface area contributed by atoms with Crippen molar-refractivity contribution in [3.05, 3.63) is 29.8 Å². The normalized spacial score (nSPS) is 24.0. The maximum Gasteiger partial charge on any atom is 0.416 e. The van der Waals surface area contributed by atoms with E-state index < -0.39 is 11.7 Å². The van der Waals surface area contributed by atoms with E-state index in [0.29, 0.717) is 19.0 Å². The van der Waals surface area contributed by atoms with Crippen molar-refractivity contribution in [3.8, 4) is 5.75 Å². The number of rotatable bonds is 4. The topological polar surface area (TPSA) is 21.7 Å². The Labute approximate surface area is 128 Å². The molecule has 122 valence electrons. The number of hydrogen-bond donors (Lipinski definition) is 0. The van der Waals surface area contributed by atoms with Crippen LogP contribution in [-0.2, 0) is 10.9 Å². The molecule has 0 unspecified atom stereocenters. The van der Waals surface area contributed by atoms with Crippen LogP contribution < -0.4 is 4.74 Å². The molecule has 2 fully saturated rings. The molecule has 1 saturated carbocycles.